The lowest BCUT2D eigenvalue weighted by Gasteiger charge is -2.36. The van der Waals surface area contributed by atoms with E-state index in [2.05, 4.69) is 11.9 Å². The SMILES string of the molecule is CC1CCN(S(=O)(=O)CCc2ccccn2)C(CN)C1. The largest absolute Gasteiger partial charge is 0.329 e. The standard InChI is InChI=1S/C14H23N3O2S/c1-12-5-8-17(14(10-12)11-15)20(18,19)9-6-13-4-2-3-7-16-13/h2-4,7,12,14H,5-6,8-11,15H2,1H3. The molecule has 1 aromatic heterocycles. The second-order valence-corrected chi connectivity index (χ2v) is 7.56. The van der Waals surface area contributed by atoms with Crippen LogP contribution in [0, 0.1) is 5.92 Å². The van der Waals surface area contributed by atoms with E-state index in [-0.39, 0.29) is 11.8 Å². The number of rotatable bonds is 5. The maximum Gasteiger partial charge on any atom is 0.214 e. The lowest BCUT2D eigenvalue weighted by atomic mass is 9.94. The Bertz CT molecular complexity index is 518. The molecule has 2 heterocycles. The van der Waals surface area contributed by atoms with Gasteiger partial charge in [-0.25, -0.2) is 8.42 Å². The molecule has 0 radical (unpaired) electrons. The molecule has 0 aromatic carbocycles. The van der Waals surface area contributed by atoms with Crippen LogP contribution in [0.5, 0.6) is 0 Å². The molecule has 1 saturated heterocycles. The first-order valence-electron chi connectivity index (χ1n) is 7.12. The zero-order valence-corrected chi connectivity index (χ0v) is 12.7. The third kappa shape index (κ3) is 3.77. The molecular formula is C14H23N3O2S. The molecule has 2 unspecified atom stereocenters. The first-order chi connectivity index (χ1) is 9.53. The van der Waals surface area contributed by atoms with Crippen LogP contribution >= 0.6 is 0 Å². The number of aryl methyl sites for hydroxylation is 1. The van der Waals surface area contributed by atoms with Gasteiger partial charge in [-0.2, -0.15) is 4.31 Å². The molecule has 5 nitrogen and oxygen atoms in total. The molecule has 1 aromatic rings. The summed E-state index contributed by atoms with van der Waals surface area (Å²) in [5, 5.41) is 0. The minimum Gasteiger partial charge on any atom is -0.329 e. The van der Waals surface area contributed by atoms with Crippen molar-refractivity contribution in [2.75, 3.05) is 18.8 Å². The van der Waals surface area contributed by atoms with Gasteiger partial charge in [0.05, 0.1) is 5.75 Å². The molecule has 2 rings (SSSR count). The molecule has 0 saturated carbocycles. The third-order valence-corrected chi connectivity index (χ3v) is 5.81. The van der Waals surface area contributed by atoms with Crippen molar-refractivity contribution in [2.45, 2.75) is 32.2 Å². The minimum absolute atomic E-state index is 0.0486. The van der Waals surface area contributed by atoms with E-state index in [4.69, 9.17) is 5.73 Å². The fourth-order valence-corrected chi connectivity index (χ4v) is 4.42. The first-order valence-corrected chi connectivity index (χ1v) is 8.73. The van der Waals surface area contributed by atoms with Crippen LogP contribution in [0.3, 0.4) is 0 Å². The topological polar surface area (TPSA) is 76.3 Å². The highest BCUT2D eigenvalue weighted by Gasteiger charge is 2.33. The van der Waals surface area contributed by atoms with Crippen molar-refractivity contribution in [2.24, 2.45) is 11.7 Å². The summed E-state index contributed by atoms with van der Waals surface area (Å²) in [4.78, 5) is 4.17. The molecule has 2 N–H and O–H groups in total. The number of piperidine rings is 1. The number of pyridine rings is 1. The third-order valence-electron chi connectivity index (χ3n) is 3.90. The van der Waals surface area contributed by atoms with Crippen molar-refractivity contribution in [1.29, 1.82) is 0 Å². The molecular weight excluding hydrogens is 274 g/mol. The smallest absolute Gasteiger partial charge is 0.214 e. The van der Waals surface area contributed by atoms with Gasteiger partial charge in [-0.05, 0) is 30.9 Å². The van der Waals surface area contributed by atoms with Crippen LogP contribution in [0.15, 0.2) is 24.4 Å². The van der Waals surface area contributed by atoms with E-state index in [1.54, 1.807) is 10.5 Å². The van der Waals surface area contributed by atoms with Crippen LogP contribution < -0.4 is 5.73 Å². The van der Waals surface area contributed by atoms with E-state index < -0.39 is 10.0 Å². The van der Waals surface area contributed by atoms with E-state index in [0.717, 1.165) is 18.5 Å². The summed E-state index contributed by atoms with van der Waals surface area (Å²) in [6.07, 6.45) is 3.92. The quantitative estimate of drug-likeness (QED) is 0.880. The van der Waals surface area contributed by atoms with Crippen LogP contribution in [-0.4, -0.2) is 42.6 Å². The van der Waals surface area contributed by atoms with E-state index >= 15 is 0 Å². The Hall–Kier alpha value is -0.980. The van der Waals surface area contributed by atoms with E-state index in [0.29, 0.717) is 25.4 Å². The van der Waals surface area contributed by atoms with Gasteiger partial charge in [0.1, 0.15) is 0 Å². The average molecular weight is 297 g/mol. The van der Waals surface area contributed by atoms with Crippen molar-refractivity contribution >= 4 is 10.0 Å². The molecule has 6 heteroatoms. The number of sulfonamides is 1. The highest BCUT2D eigenvalue weighted by atomic mass is 32.2. The fraction of sp³-hybridized carbons (Fsp3) is 0.643. The number of aromatic nitrogens is 1. The van der Waals surface area contributed by atoms with Crippen molar-refractivity contribution in [1.82, 2.24) is 9.29 Å². The molecule has 1 aliphatic rings. The molecule has 0 amide bonds. The molecule has 0 aliphatic carbocycles. The predicted molar refractivity (Wildman–Crippen MR) is 79.7 cm³/mol. The van der Waals surface area contributed by atoms with E-state index in [9.17, 15) is 8.42 Å². The minimum atomic E-state index is -3.25. The highest BCUT2D eigenvalue weighted by Crippen LogP contribution is 2.24. The van der Waals surface area contributed by atoms with Gasteiger partial charge in [0.2, 0.25) is 10.0 Å². The summed E-state index contributed by atoms with van der Waals surface area (Å²) in [6.45, 7) is 3.14. The maximum atomic E-state index is 12.5. The van der Waals surface area contributed by atoms with Gasteiger partial charge in [0.15, 0.2) is 0 Å². The Kier molecular flexibility index (Phi) is 5.12. The van der Waals surface area contributed by atoms with Gasteiger partial charge < -0.3 is 5.73 Å². The summed E-state index contributed by atoms with van der Waals surface area (Å²) in [6, 6.07) is 5.51. The molecule has 20 heavy (non-hydrogen) atoms. The maximum absolute atomic E-state index is 12.5. The molecule has 1 aliphatic heterocycles. The van der Waals surface area contributed by atoms with Crippen molar-refractivity contribution < 1.29 is 8.42 Å². The highest BCUT2D eigenvalue weighted by molar-refractivity contribution is 7.89. The van der Waals surface area contributed by atoms with Gasteiger partial charge in [0, 0.05) is 37.4 Å². The lowest BCUT2D eigenvalue weighted by Crippen LogP contribution is -2.50. The van der Waals surface area contributed by atoms with Crippen molar-refractivity contribution in [3.63, 3.8) is 0 Å². The summed E-state index contributed by atoms with van der Waals surface area (Å²) in [5.41, 5.74) is 6.55. The Labute approximate surface area is 121 Å². The molecule has 1 fully saturated rings. The average Bonchev–Trinajstić information content (AvgIpc) is 2.46. The summed E-state index contributed by atoms with van der Waals surface area (Å²) in [5.74, 6) is 0.653. The van der Waals surface area contributed by atoms with Crippen LogP contribution in [0.2, 0.25) is 0 Å². The predicted octanol–water partition coefficient (Wildman–Crippen LogP) is 1.01. The van der Waals surface area contributed by atoms with Gasteiger partial charge in [-0.15, -0.1) is 0 Å². The summed E-state index contributed by atoms with van der Waals surface area (Å²) in [7, 11) is -3.25. The molecule has 2 atom stereocenters. The first kappa shape index (κ1) is 15.4. The molecule has 0 bridgehead atoms. The number of nitrogens with zero attached hydrogens (tertiary/aromatic N) is 2. The normalized spacial score (nSPS) is 24.7. The van der Waals surface area contributed by atoms with Crippen LogP contribution in [-0.2, 0) is 16.4 Å². The lowest BCUT2D eigenvalue weighted by molar-refractivity contribution is 0.211. The second kappa shape index (κ2) is 6.65. The fourth-order valence-electron chi connectivity index (χ4n) is 2.71. The van der Waals surface area contributed by atoms with Crippen LogP contribution in [0.4, 0.5) is 0 Å². The summed E-state index contributed by atoms with van der Waals surface area (Å²) >= 11 is 0. The Morgan fingerprint density at radius 1 is 1.45 bits per heavy atom. The zero-order chi connectivity index (χ0) is 14.6. The van der Waals surface area contributed by atoms with Crippen molar-refractivity contribution in [3.8, 4) is 0 Å². The number of hydrogen-bond donors (Lipinski definition) is 1. The monoisotopic (exact) mass is 297 g/mol. The van der Waals surface area contributed by atoms with Gasteiger partial charge in [-0.1, -0.05) is 13.0 Å². The summed E-state index contributed by atoms with van der Waals surface area (Å²) < 4.78 is 26.6. The van der Waals surface area contributed by atoms with Gasteiger partial charge in [-0.3, -0.25) is 4.98 Å². The number of nitrogens with two attached hydrogens (primary N) is 1. The van der Waals surface area contributed by atoms with Crippen molar-refractivity contribution in [3.05, 3.63) is 30.1 Å². The van der Waals surface area contributed by atoms with E-state index in [1.807, 2.05) is 18.2 Å². The van der Waals surface area contributed by atoms with E-state index in [1.165, 1.54) is 0 Å². The van der Waals surface area contributed by atoms with Gasteiger partial charge >= 0.3 is 0 Å². The van der Waals surface area contributed by atoms with Crippen LogP contribution in [0.25, 0.3) is 0 Å². The van der Waals surface area contributed by atoms with Crippen LogP contribution in [0.1, 0.15) is 25.5 Å². The Morgan fingerprint density at radius 3 is 2.90 bits per heavy atom. The Balaban J connectivity index is 2.02. The zero-order valence-electron chi connectivity index (χ0n) is 11.9. The molecule has 112 valence electrons. The second-order valence-electron chi connectivity index (χ2n) is 5.52. The van der Waals surface area contributed by atoms with Gasteiger partial charge in [0.25, 0.3) is 0 Å². The number of hydrogen-bond acceptors (Lipinski definition) is 4. The molecule has 0 spiro atoms. The Morgan fingerprint density at radius 2 is 2.25 bits per heavy atom.